The fourth-order valence-electron chi connectivity index (χ4n) is 1.21. The zero-order chi connectivity index (χ0) is 10.1. The molecule has 1 N–H and O–H groups in total. The van der Waals surface area contributed by atoms with Crippen molar-refractivity contribution in [2.45, 2.75) is 12.9 Å². The highest BCUT2D eigenvalue weighted by molar-refractivity contribution is 5.71. The lowest BCUT2D eigenvalue weighted by molar-refractivity contribution is -0.177. The molecule has 1 aromatic rings. The molecule has 1 aromatic carbocycles. The summed E-state index contributed by atoms with van der Waals surface area (Å²) in [5, 5.41) is 8.59. The number of hydrogen-bond acceptors (Lipinski definition) is 3. The number of aliphatic carboxylic acids is 1. The van der Waals surface area contributed by atoms with E-state index in [2.05, 4.69) is 0 Å². The van der Waals surface area contributed by atoms with Crippen LogP contribution in [-0.4, -0.2) is 17.4 Å². The van der Waals surface area contributed by atoms with Gasteiger partial charge in [-0.3, -0.25) is 0 Å². The van der Waals surface area contributed by atoms with E-state index < -0.39 is 18.1 Å². The van der Waals surface area contributed by atoms with Crippen molar-refractivity contribution in [1.82, 2.24) is 0 Å². The summed E-state index contributed by atoms with van der Waals surface area (Å²) >= 11 is 0. The Morgan fingerprint density at radius 2 is 2.36 bits per heavy atom. The molecule has 0 fully saturated rings. The van der Waals surface area contributed by atoms with E-state index in [0.717, 1.165) is 0 Å². The second-order valence-electron chi connectivity index (χ2n) is 2.85. The lowest BCUT2D eigenvalue weighted by Gasteiger charge is -2.23. The van der Waals surface area contributed by atoms with Crippen LogP contribution in [-0.2, 0) is 16.1 Å². The van der Waals surface area contributed by atoms with Crippen molar-refractivity contribution < 1.29 is 23.8 Å². The number of rotatable bonds is 1. The molecule has 5 heteroatoms. The molecule has 0 amide bonds. The molecule has 0 saturated heterocycles. The Kier molecular flexibility index (Phi) is 2.09. The lowest BCUT2D eigenvalue weighted by Crippen LogP contribution is -2.33. The highest BCUT2D eigenvalue weighted by Gasteiger charge is 2.26. The van der Waals surface area contributed by atoms with Gasteiger partial charge in [0.1, 0.15) is 11.6 Å². The zero-order valence-corrected chi connectivity index (χ0v) is 7.07. The predicted molar refractivity (Wildman–Crippen MR) is 43.2 cm³/mol. The van der Waals surface area contributed by atoms with Crippen LogP contribution < -0.4 is 4.74 Å². The van der Waals surface area contributed by atoms with Crippen molar-refractivity contribution in [1.29, 1.82) is 0 Å². The molecule has 1 unspecified atom stereocenters. The normalized spacial score (nSPS) is 19.6. The molecule has 0 radical (unpaired) electrons. The molecule has 1 heterocycles. The molecule has 1 atom stereocenters. The Bertz CT molecular complexity index is 377. The molecule has 0 aromatic heterocycles. The Labute approximate surface area is 78.9 Å². The first-order chi connectivity index (χ1) is 6.66. The summed E-state index contributed by atoms with van der Waals surface area (Å²) < 4.78 is 22.5. The highest BCUT2D eigenvalue weighted by Crippen LogP contribution is 2.26. The van der Waals surface area contributed by atoms with Crippen LogP contribution in [0.5, 0.6) is 5.75 Å². The fraction of sp³-hybridized carbons (Fsp3) is 0.222. The van der Waals surface area contributed by atoms with E-state index in [1.165, 1.54) is 18.2 Å². The minimum Gasteiger partial charge on any atom is -0.477 e. The zero-order valence-electron chi connectivity index (χ0n) is 7.07. The molecule has 0 bridgehead atoms. The van der Waals surface area contributed by atoms with Crippen molar-refractivity contribution in [3.8, 4) is 5.75 Å². The third-order valence-electron chi connectivity index (χ3n) is 1.85. The van der Waals surface area contributed by atoms with Crippen molar-refractivity contribution in [3.05, 3.63) is 29.6 Å². The van der Waals surface area contributed by atoms with Gasteiger partial charge in [0.15, 0.2) is 0 Å². The number of carboxylic acid groups (broad SMARTS) is 1. The molecule has 0 saturated carbocycles. The van der Waals surface area contributed by atoms with E-state index in [-0.39, 0.29) is 6.61 Å². The molecule has 0 aliphatic carbocycles. The third kappa shape index (κ3) is 1.54. The largest absolute Gasteiger partial charge is 0.477 e. The van der Waals surface area contributed by atoms with Gasteiger partial charge in [-0.05, 0) is 18.2 Å². The minimum absolute atomic E-state index is 0.0457. The summed E-state index contributed by atoms with van der Waals surface area (Å²) in [5.74, 6) is -1.24. The lowest BCUT2D eigenvalue weighted by atomic mass is 10.2. The van der Waals surface area contributed by atoms with Gasteiger partial charge in [-0.25, -0.2) is 9.18 Å². The molecule has 14 heavy (non-hydrogen) atoms. The van der Waals surface area contributed by atoms with Gasteiger partial charge in [0, 0.05) is 5.56 Å². The second kappa shape index (κ2) is 3.26. The van der Waals surface area contributed by atoms with Gasteiger partial charge in [-0.15, -0.1) is 0 Å². The van der Waals surface area contributed by atoms with Gasteiger partial charge < -0.3 is 14.6 Å². The van der Waals surface area contributed by atoms with E-state index in [4.69, 9.17) is 14.6 Å². The first kappa shape index (κ1) is 8.96. The van der Waals surface area contributed by atoms with Crippen molar-refractivity contribution >= 4 is 5.97 Å². The van der Waals surface area contributed by atoms with Crippen molar-refractivity contribution in [2.24, 2.45) is 0 Å². The molecule has 1 aliphatic heterocycles. The monoisotopic (exact) mass is 198 g/mol. The summed E-state index contributed by atoms with van der Waals surface area (Å²) in [6, 6.07) is 3.86. The molecule has 2 rings (SSSR count). The van der Waals surface area contributed by atoms with Crippen LogP contribution in [0.25, 0.3) is 0 Å². The highest BCUT2D eigenvalue weighted by atomic mass is 19.1. The van der Waals surface area contributed by atoms with E-state index in [9.17, 15) is 9.18 Å². The number of carboxylic acids is 1. The summed E-state index contributed by atoms with van der Waals surface area (Å²) in [4.78, 5) is 10.5. The molecule has 74 valence electrons. The summed E-state index contributed by atoms with van der Waals surface area (Å²) in [7, 11) is 0. The van der Waals surface area contributed by atoms with Gasteiger partial charge in [0.25, 0.3) is 6.29 Å². The van der Waals surface area contributed by atoms with Crippen LogP contribution in [0, 0.1) is 5.82 Å². The van der Waals surface area contributed by atoms with E-state index in [1.54, 1.807) is 0 Å². The number of benzene rings is 1. The van der Waals surface area contributed by atoms with Gasteiger partial charge in [-0.1, -0.05) is 0 Å². The number of ether oxygens (including phenoxy) is 2. The Balaban J connectivity index is 2.27. The third-order valence-corrected chi connectivity index (χ3v) is 1.85. The van der Waals surface area contributed by atoms with Crippen LogP contribution >= 0.6 is 0 Å². The molecule has 1 aliphatic rings. The van der Waals surface area contributed by atoms with Crippen LogP contribution in [0.1, 0.15) is 5.56 Å². The number of halogens is 1. The molecular formula is C9H7FO4. The second-order valence-corrected chi connectivity index (χ2v) is 2.85. The molecular weight excluding hydrogens is 191 g/mol. The average molecular weight is 198 g/mol. The van der Waals surface area contributed by atoms with Crippen LogP contribution in [0.2, 0.25) is 0 Å². The Morgan fingerprint density at radius 3 is 3.07 bits per heavy atom. The van der Waals surface area contributed by atoms with E-state index in [1.807, 2.05) is 0 Å². The van der Waals surface area contributed by atoms with Crippen molar-refractivity contribution in [3.63, 3.8) is 0 Å². The topological polar surface area (TPSA) is 55.8 Å². The van der Waals surface area contributed by atoms with Crippen LogP contribution in [0.4, 0.5) is 4.39 Å². The smallest absolute Gasteiger partial charge is 0.373 e. The Hall–Kier alpha value is -1.62. The quantitative estimate of drug-likeness (QED) is 0.735. The SMILES string of the molecule is O=C(O)C1OCc2cc(F)ccc2O1. The predicted octanol–water partition coefficient (Wildman–Crippen LogP) is 1.15. The summed E-state index contributed by atoms with van der Waals surface area (Å²) in [6.07, 6.45) is -1.30. The maximum absolute atomic E-state index is 12.7. The van der Waals surface area contributed by atoms with Gasteiger partial charge in [-0.2, -0.15) is 0 Å². The standard InChI is InChI=1S/C9H7FO4/c10-6-1-2-7-5(3-6)4-13-9(14-7)8(11)12/h1-3,9H,4H2,(H,11,12). The molecule has 0 spiro atoms. The van der Waals surface area contributed by atoms with Gasteiger partial charge >= 0.3 is 5.97 Å². The number of hydrogen-bond donors (Lipinski definition) is 1. The van der Waals surface area contributed by atoms with Crippen LogP contribution in [0.15, 0.2) is 18.2 Å². The van der Waals surface area contributed by atoms with Gasteiger partial charge in [0.2, 0.25) is 0 Å². The summed E-state index contributed by atoms with van der Waals surface area (Å²) in [6.45, 7) is 0.0457. The Morgan fingerprint density at radius 1 is 1.57 bits per heavy atom. The molecule has 4 nitrogen and oxygen atoms in total. The van der Waals surface area contributed by atoms with E-state index in [0.29, 0.717) is 11.3 Å². The maximum Gasteiger partial charge on any atom is 0.373 e. The van der Waals surface area contributed by atoms with Crippen molar-refractivity contribution in [2.75, 3.05) is 0 Å². The summed E-state index contributed by atoms with van der Waals surface area (Å²) in [5.41, 5.74) is 0.516. The fourth-order valence-corrected chi connectivity index (χ4v) is 1.21. The van der Waals surface area contributed by atoms with Gasteiger partial charge in [0.05, 0.1) is 6.61 Å². The number of carbonyl (C=O) groups is 1. The van der Waals surface area contributed by atoms with E-state index >= 15 is 0 Å². The average Bonchev–Trinajstić information content (AvgIpc) is 2.16. The first-order valence-electron chi connectivity index (χ1n) is 3.96. The number of fused-ring (bicyclic) bond motifs is 1. The van der Waals surface area contributed by atoms with Crippen LogP contribution in [0.3, 0.4) is 0 Å². The minimum atomic E-state index is -1.30. The maximum atomic E-state index is 12.7. The first-order valence-corrected chi connectivity index (χ1v) is 3.96.